The van der Waals surface area contributed by atoms with Gasteiger partial charge in [0.1, 0.15) is 5.82 Å². The molecule has 4 rings (SSSR count). The van der Waals surface area contributed by atoms with Crippen molar-refractivity contribution in [2.45, 2.75) is 38.4 Å². The van der Waals surface area contributed by atoms with Crippen LogP contribution in [0.3, 0.4) is 0 Å². The van der Waals surface area contributed by atoms with Crippen LogP contribution in [0.4, 0.5) is 15.8 Å². The predicted molar refractivity (Wildman–Crippen MR) is 119 cm³/mol. The van der Waals surface area contributed by atoms with Crippen LogP contribution in [-0.4, -0.2) is 48.0 Å². The van der Waals surface area contributed by atoms with Gasteiger partial charge in [0.2, 0.25) is 0 Å². The van der Waals surface area contributed by atoms with E-state index in [4.69, 9.17) is 10.1 Å². The van der Waals surface area contributed by atoms with E-state index in [0.29, 0.717) is 23.0 Å². The van der Waals surface area contributed by atoms with E-state index in [0.717, 1.165) is 30.4 Å². The van der Waals surface area contributed by atoms with Gasteiger partial charge in [-0.15, -0.1) is 0 Å². The van der Waals surface area contributed by atoms with E-state index in [1.165, 1.54) is 23.1 Å². The van der Waals surface area contributed by atoms with Crippen LogP contribution in [0.5, 0.6) is 0 Å². The van der Waals surface area contributed by atoms with Crippen molar-refractivity contribution in [1.82, 2.24) is 0 Å². The molecule has 0 spiro atoms. The van der Waals surface area contributed by atoms with Gasteiger partial charge in [0.05, 0.1) is 6.61 Å². The molecule has 2 amide bonds. The molecule has 0 saturated carbocycles. The molecule has 168 valence electrons. The molecule has 2 aliphatic rings. The average molecular weight is 439 g/mol. The van der Waals surface area contributed by atoms with E-state index in [9.17, 15) is 19.1 Å². The maximum Gasteiger partial charge on any atom is 0.259 e. The number of nitrogens with one attached hydrogen (secondary N) is 2. The van der Waals surface area contributed by atoms with Crippen LogP contribution < -0.4 is 10.2 Å². The number of ether oxygens (including phenoxy) is 1. The molecule has 2 aromatic carbocycles. The Kier molecular flexibility index (Phi) is 6.34. The lowest BCUT2D eigenvalue weighted by molar-refractivity contribution is -0.150. The fraction of sp³-hybridized carbons (Fsp3) is 0.375. The lowest BCUT2D eigenvalue weighted by Crippen LogP contribution is -2.55. The third kappa shape index (κ3) is 4.42. The first-order chi connectivity index (χ1) is 15.4. The summed E-state index contributed by atoms with van der Waals surface area (Å²) < 4.78 is 19.0. The number of aliphatic hydroxyl groups is 1. The van der Waals surface area contributed by atoms with Gasteiger partial charge in [-0.3, -0.25) is 9.59 Å². The van der Waals surface area contributed by atoms with Crippen LogP contribution >= 0.6 is 0 Å². The monoisotopic (exact) mass is 439 g/mol. The molecule has 32 heavy (non-hydrogen) atoms. The normalized spacial score (nSPS) is 21.8. The standard InChI is InChI=1S/C24H26FN3O4/c1-2-14-10-15-12-17(6-7-19(15)20(26)11-14)27-23(30)21(29)22-24(31)28(8-9-32-22)18-5-3-4-16(25)13-18/h3-7,12-14,21-22,26,29H,2,8-11H2,1H3,(H,27,30). The Bertz CT molecular complexity index is 1060. The summed E-state index contributed by atoms with van der Waals surface area (Å²) in [6, 6.07) is 10.9. The quantitative estimate of drug-likeness (QED) is 0.667. The van der Waals surface area contributed by atoms with Gasteiger partial charge in [-0.25, -0.2) is 4.39 Å². The van der Waals surface area contributed by atoms with E-state index >= 15 is 0 Å². The van der Waals surface area contributed by atoms with Crippen LogP contribution in [0.15, 0.2) is 42.5 Å². The largest absolute Gasteiger partial charge is 0.380 e. The van der Waals surface area contributed by atoms with Crippen molar-refractivity contribution >= 4 is 28.9 Å². The molecule has 3 unspecified atom stereocenters. The molecule has 7 nitrogen and oxygen atoms in total. The number of rotatable bonds is 5. The van der Waals surface area contributed by atoms with E-state index in [1.54, 1.807) is 18.2 Å². The van der Waals surface area contributed by atoms with Crippen molar-refractivity contribution < 1.29 is 23.8 Å². The first-order valence-corrected chi connectivity index (χ1v) is 10.8. The highest BCUT2D eigenvalue weighted by Crippen LogP contribution is 2.29. The smallest absolute Gasteiger partial charge is 0.259 e. The number of amides is 2. The Morgan fingerprint density at radius 1 is 1.31 bits per heavy atom. The third-order valence-corrected chi connectivity index (χ3v) is 6.07. The predicted octanol–water partition coefficient (Wildman–Crippen LogP) is 2.90. The highest BCUT2D eigenvalue weighted by molar-refractivity contribution is 6.04. The zero-order chi connectivity index (χ0) is 22.8. The molecule has 1 aliphatic carbocycles. The fourth-order valence-corrected chi connectivity index (χ4v) is 4.29. The maximum absolute atomic E-state index is 13.6. The second kappa shape index (κ2) is 9.18. The number of anilines is 2. The average Bonchev–Trinajstić information content (AvgIpc) is 2.78. The topological polar surface area (TPSA) is 103 Å². The first-order valence-electron chi connectivity index (χ1n) is 10.8. The molecule has 8 heteroatoms. The first kappa shape index (κ1) is 22.1. The highest BCUT2D eigenvalue weighted by atomic mass is 19.1. The summed E-state index contributed by atoms with van der Waals surface area (Å²) in [6.07, 6.45) is -0.566. The molecule has 1 heterocycles. The van der Waals surface area contributed by atoms with Crippen molar-refractivity contribution in [3.63, 3.8) is 0 Å². The van der Waals surface area contributed by atoms with Crippen LogP contribution in [0.1, 0.15) is 30.9 Å². The van der Waals surface area contributed by atoms with Crippen molar-refractivity contribution in [1.29, 1.82) is 5.41 Å². The minimum atomic E-state index is -1.73. The Balaban J connectivity index is 1.47. The fourth-order valence-electron chi connectivity index (χ4n) is 4.29. The van der Waals surface area contributed by atoms with E-state index in [1.807, 2.05) is 6.07 Å². The molecular weight excluding hydrogens is 413 g/mol. The molecule has 1 aliphatic heterocycles. The van der Waals surface area contributed by atoms with Crippen molar-refractivity contribution in [3.05, 3.63) is 59.4 Å². The molecule has 0 aromatic heterocycles. The Morgan fingerprint density at radius 3 is 2.88 bits per heavy atom. The van der Waals surface area contributed by atoms with E-state index in [-0.39, 0.29) is 13.2 Å². The summed E-state index contributed by atoms with van der Waals surface area (Å²) in [4.78, 5) is 26.8. The van der Waals surface area contributed by atoms with E-state index in [2.05, 4.69) is 12.2 Å². The number of fused-ring (bicyclic) bond motifs is 1. The number of halogens is 1. The zero-order valence-corrected chi connectivity index (χ0v) is 17.8. The van der Waals surface area contributed by atoms with Crippen molar-refractivity contribution in [3.8, 4) is 0 Å². The van der Waals surface area contributed by atoms with Gasteiger partial charge in [-0.2, -0.15) is 0 Å². The molecule has 3 N–H and O–H groups in total. The second-order valence-electron chi connectivity index (χ2n) is 8.23. The van der Waals surface area contributed by atoms with Crippen LogP contribution in [0, 0.1) is 17.1 Å². The van der Waals surface area contributed by atoms with E-state index < -0.39 is 29.8 Å². The number of aliphatic hydroxyl groups excluding tert-OH is 1. The van der Waals surface area contributed by atoms with Crippen LogP contribution in [-0.2, 0) is 20.7 Å². The van der Waals surface area contributed by atoms with Crippen molar-refractivity contribution in [2.24, 2.45) is 5.92 Å². The Hall–Kier alpha value is -3.10. The van der Waals surface area contributed by atoms with Crippen molar-refractivity contribution in [2.75, 3.05) is 23.4 Å². The number of hydrogen-bond acceptors (Lipinski definition) is 5. The maximum atomic E-state index is 13.6. The number of nitrogens with zero attached hydrogens (tertiary/aromatic N) is 1. The van der Waals surface area contributed by atoms with Gasteiger partial charge in [0.25, 0.3) is 11.8 Å². The summed E-state index contributed by atoms with van der Waals surface area (Å²) in [6.45, 7) is 2.40. The molecule has 0 radical (unpaired) electrons. The lowest BCUT2D eigenvalue weighted by atomic mass is 9.81. The molecule has 0 bridgehead atoms. The summed E-state index contributed by atoms with van der Waals surface area (Å²) in [5.41, 5.74) is 3.29. The molecule has 1 saturated heterocycles. The minimum absolute atomic E-state index is 0.108. The number of morpholine rings is 1. The van der Waals surface area contributed by atoms with Crippen LogP contribution in [0.25, 0.3) is 0 Å². The minimum Gasteiger partial charge on any atom is -0.380 e. The van der Waals surface area contributed by atoms with Crippen LogP contribution in [0.2, 0.25) is 0 Å². The second-order valence-corrected chi connectivity index (χ2v) is 8.23. The third-order valence-electron chi connectivity index (χ3n) is 6.07. The molecule has 2 aromatic rings. The Labute approximate surface area is 185 Å². The van der Waals surface area contributed by atoms with Gasteiger partial charge in [-0.05, 0) is 60.2 Å². The van der Waals surface area contributed by atoms with Gasteiger partial charge in [-0.1, -0.05) is 25.5 Å². The Morgan fingerprint density at radius 2 is 2.12 bits per heavy atom. The van der Waals surface area contributed by atoms with Gasteiger partial charge >= 0.3 is 0 Å². The lowest BCUT2D eigenvalue weighted by Gasteiger charge is -2.34. The molecular formula is C24H26FN3O4. The van der Waals surface area contributed by atoms with Gasteiger partial charge < -0.3 is 25.5 Å². The SMILES string of the molecule is CCC1CC(=N)c2ccc(NC(=O)C(O)C3OCCN(c4cccc(F)c4)C3=O)cc2C1. The summed E-state index contributed by atoms with van der Waals surface area (Å²) in [5, 5.41) is 21.4. The summed E-state index contributed by atoms with van der Waals surface area (Å²) in [7, 11) is 0. The number of hydrogen-bond donors (Lipinski definition) is 3. The highest BCUT2D eigenvalue weighted by Gasteiger charge is 2.39. The zero-order valence-electron chi connectivity index (χ0n) is 17.8. The number of carbonyl (C=O) groups excluding carboxylic acids is 2. The van der Waals surface area contributed by atoms with Gasteiger partial charge in [0.15, 0.2) is 12.2 Å². The van der Waals surface area contributed by atoms with Gasteiger partial charge in [0, 0.05) is 23.6 Å². The number of benzene rings is 2. The summed E-state index contributed by atoms with van der Waals surface area (Å²) in [5.74, 6) is -1.45. The molecule has 3 atom stereocenters. The number of carbonyl (C=O) groups is 2. The summed E-state index contributed by atoms with van der Waals surface area (Å²) >= 11 is 0. The molecule has 1 fully saturated rings.